The van der Waals surface area contributed by atoms with Crippen molar-refractivity contribution in [3.8, 4) is 5.75 Å². The highest BCUT2D eigenvalue weighted by Gasteiger charge is 2.23. The van der Waals surface area contributed by atoms with Gasteiger partial charge in [-0.15, -0.1) is 0 Å². The highest BCUT2D eigenvalue weighted by atomic mass is 16.5. The minimum atomic E-state index is 0.0301. The molecule has 1 N–H and O–H groups in total. The van der Waals surface area contributed by atoms with Crippen LogP contribution >= 0.6 is 0 Å². The summed E-state index contributed by atoms with van der Waals surface area (Å²) >= 11 is 0. The number of hydrogen-bond acceptors (Lipinski definition) is 5. The number of carbonyl (C=O) groups is 1. The first kappa shape index (κ1) is 18.5. The summed E-state index contributed by atoms with van der Waals surface area (Å²) in [4.78, 5) is 14.6. The van der Waals surface area contributed by atoms with Crippen LogP contribution in [0.4, 0.5) is 0 Å². The number of benzene rings is 1. The summed E-state index contributed by atoms with van der Waals surface area (Å²) in [5, 5.41) is 3.07. The maximum Gasteiger partial charge on any atom is 0.220 e. The third kappa shape index (κ3) is 5.09. The Morgan fingerprint density at radius 3 is 2.85 bits per heavy atom. The van der Waals surface area contributed by atoms with Crippen molar-refractivity contribution in [3.05, 3.63) is 54.0 Å². The van der Waals surface area contributed by atoms with Crippen molar-refractivity contribution in [1.82, 2.24) is 10.2 Å². The zero-order valence-electron chi connectivity index (χ0n) is 15.1. The van der Waals surface area contributed by atoms with Crippen LogP contribution < -0.4 is 10.1 Å². The van der Waals surface area contributed by atoms with E-state index in [2.05, 4.69) is 16.3 Å². The molecular weight excluding hydrogens is 332 g/mol. The second kappa shape index (κ2) is 9.40. The second-order valence-corrected chi connectivity index (χ2v) is 6.32. The van der Waals surface area contributed by atoms with Gasteiger partial charge in [-0.3, -0.25) is 9.69 Å². The van der Waals surface area contributed by atoms with Gasteiger partial charge in [0.1, 0.15) is 11.5 Å². The number of carbonyl (C=O) groups excluding carboxylic acids is 1. The van der Waals surface area contributed by atoms with E-state index in [0.29, 0.717) is 32.6 Å². The smallest absolute Gasteiger partial charge is 0.220 e. The predicted octanol–water partition coefficient (Wildman–Crippen LogP) is 2.41. The van der Waals surface area contributed by atoms with Crippen LogP contribution in [0.1, 0.15) is 23.8 Å². The Bertz CT molecular complexity index is 681. The lowest BCUT2D eigenvalue weighted by atomic mass is 10.0. The van der Waals surface area contributed by atoms with Gasteiger partial charge in [-0.1, -0.05) is 12.1 Å². The van der Waals surface area contributed by atoms with E-state index in [0.717, 1.165) is 30.2 Å². The summed E-state index contributed by atoms with van der Waals surface area (Å²) in [6, 6.07) is 11.9. The molecule has 1 fully saturated rings. The van der Waals surface area contributed by atoms with E-state index in [4.69, 9.17) is 13.9 Å². The average Bonchev–Trinajstić information content (AvgIpc) is 3.21. The van der Waals surface area contributed by atoms with E-state index in [9.17, 15) is 4.79 Å². The molecule has 1 aliphatic heterocycles. The van der Waals surface area contributed by atoms with Crippen molar-refractivity contribution >= 4 is 5.91 Å². The molecule has 0 spiro atoms. The summed E-state index contributed by atoms with van der Waals surface area (Å²) in [5.41, 5.74) is 1.14. The first-order valence-corrected chi connectivity index (χ1v) is 9.01. The number of methoxy groups -OCH3 is 1. The molecule has 2 heterocycles. The molecule has 3 rings (SSSR count). The number of nitrogens with zero attached hydrogens (tertiary/aromatic N) is 1. The lowest BCUT2D eigenvalue weighted by molar-refractivity contribution is -0.121. The molecule has 140 valence electrons. The Balaban J connectivity index is 1.62. The van der Waals surface area contributed by atoms with Gasteiger partial charge in [-0.05, 0) is 29.8 Å². The number of amides is 1. The molecule has 0 saturated carbocycles. The Morgan fingerprint density at radius 2 is 2.12 bits per heavy atom. The fraction of sp³-hybridized carbons (Fsp3) is 0.450. The third-order valence-electron chi connectivity index (χ3n) is 4.64. The van der Waals surface area contributed by atoms with E-state index < -0.39 is 0 Å². The van der Waals surface area contributed by atoms with Crippen molar-refractivity contribution in [3.63, 3.8) is 0 Å². The van der Waals surface area contributed by atoms with Crippen LogP contribution in [0.2, 0.25) is 0 Å². The van der Waals surface area contributed by atoms with Crippen LogP contribution in [0.5, 0.6) is 5.75 Å². The minimum Gasteiger partial charge on any atom is -0.497 e. The van der Waals surface area contributed by atoms with E-state index >= 15 is 0 Å². The number of ether oxygens (including phenoxy) is 2. The van der Waals surface area contributed by atoms with Crippen molar-refractivity contribution in [2.75, 3.05) is 40.0 Å². The second-order valence-electron chi connectivity index (χ2n) is 6.32. The standard InChI is InChI=1S/C20H26N2O4/c1-24-18-5-2-4-16(14-18)19(22-9-12-25-13-10-22)15-21-20(23)8-7-17-6-3-11-26-17/h2-6,11,14,19H,7-10,12-13,15H2,1H3,(H,21,23). The van der Waals surface area contributed by atoms with Gasteiger partial charge in [0.15, 0.2) is 0 Å². The quantitative estimate of drug-likeness (QED) is 0.785. The van der Waals surface area contributed by atoms with Gasteiger partial charge < -0.3 is 19.2 Å². The Hall–Kier alpha value is -2.31. The Labute approximate surface area is 154 Å². The Kier molecular flexibility index (Phi) is 6.68. The lowest BCUT2D eigenvalue weighted by Gasteiger charge is -2.35. The number of nitrogens with one attached hydrogen (secondary N) is 1. The van der Waals surface area contributed by atoms with Gasteiger partial charge in [-0.25, -0.2) is 0 Å². The molecule has 6 heteroatoms. The molecular formula is C20H26N2O4. The molecule has 1 aliphatic rings. The molecule has 0 radical (unpaired) electrons. The number of rotatable bonds is 8. The average molecular weight is 358 g/mol. The molecule has 1 atom stereocenters. The van der Waals surface area contributed by atoms with Gasteiger partial charge in [0, 0.05) is 32.5 Å². The molecule has 1 unspecified atom stereocenters. The summed E-state index contributed by atoms with van der Waals surface area (Å²) in [7, 11) is 1.67. The molecule has 1 saturated heterocycles. The third-order valence-corrected chi connectivity index (χ3v) is 4.64. The number of morpholine rings is 1. The van der Waals surface area contributed by atoms with E-state index in [1.165, 1.54) is 0 Å². The van der Waals surface area contributed by atoms with Crippen LogP contribution in [0.25, 0.3) is 0 Å². The molecule has 1 amide bonds. The molecule has 0 aliphatic carbocycles. The summed E-state index contributed by atoms with van der Waals surface area (Å²) in [5.74, 6) is 1.69. The lowest BCUT2D eigenvalue weighted by Crippen LogP contribution is -2.43. The van der Waals surface area contributed by atoms with Gasteiger partial charge in [0.2, 0.25) is 5.91 Å². The van der Waals surface area contributed by atoms with E-state index in [1.54, 1.807) is 13.4 Å². The van der Waals surface area contributed by atoms with Crippen molar-refractivity contribution in [2.24, 2.45) is 0 Å². The number of furan rings is 1. The first-order valence-electron chi connectivity index (χ1n) is 9.01. The fourth-order valence-corrected chi connectivity index (χ4v) is 3.19. The van der Waals surface area contributed by atoms with Crippen molar-refractivity contribution < 1.29 is 18.7 Å². The van der Waals surface area contributed by atoms with Crippen LogP contribution in [0, 0.1) is 0 Å². The van der Waals surface area contributed by atoms with Gasteiger partial charge in [0.25, 0.3) is 0 Å². The van der Waals surface area contributed by atoms with Crippen LogP contribution in [0.15, 0.2) is 47.1 Å². The van der Waals surface area contributed by atoms with Gasteiger partial charge in [0.05, 0.1) is 32.6 Å². The molecule has 6 nitrogen and oxygen atoms in total. The predicted molar refractivity (Wildman–Crippen MR) is 98.2 cm³/mol. The zero-order valence-corrected chi connectivity index (χ0v) is 15.1. The summed E-state index contributed by atoms with van der Waals surface area (Å²) in [6.45, 7) is 3.69. The zero-order chi connectivity index (χ0) is 18.2. The molecule has 26 heavy (non-hydrogen) atoms. The highest BCUT2D eigenvalue weighted by Crippen LogP contribution is 2.24. The maximum atomic E-state index is 12.3. The summed E-state index contributed by atoms with van der Waals surface area (Å²) in [6.07, 6.45) is 2.66. The summed E-state index contributed by atoms with van der Waals surface area (Å²) < 4.78 is 16.1. The fourth-order valence-electron chi connectivity index (χ4n) is 3.19. The number of aryl methyl sites for hydroxylation is 1. The largest absolute Gasteiger partial charge is 0.497 e. The molecule has 1 aromatic carbocycles. The van der Waals surface area contributed by atoms with Gasteiger partial charge >= 0.3 is 0 Å². The van der Waals surface area contributed by atoms with Crippen LogP contribution in [-0.4, -0.2) is 50.8 Å². The minimum absolute atomic E-state index is 0.0301. The highest BCUT2D eigenvalue weighted by molar-refractivity contribution is 5.76. The normalized spacial score (nSPS) is 16.2. The SMILES string of the molecule is COc1cccc(C(CNC(=O)CCc2ccco2)N2CCOCC2)c1. The van der Waals surface area contributed by atoms with Crippen molar-refractivity contribution in [2.45, 2.75) is 18.9 Å². The molecule has 0 bridgehead atoms. The Morgan fingerprint density at radius 1 is 1.27 bits per heavy atom. The topological polar surface area (TPSA) is 63.9 Å². The number of hydrogen-bond donors (Lipinski definition) is 1. The van der Waals surface area contributed by atoms with Crippen molar-refractivity contribution in [1.29, 1.82) is 0 Å². The molecule has 1 aromatic heterocycles. The van der Waals surface area contributed by atoms with Gasteiger partial charge in [-0.2, -0.15) is 0 Å². The maximum absolute atomic E-state index is 12.3. The van der Waals surface area contributed by atoms with Crippen LogP contribution in [-0.2, 0) is 16.0 Å². The molecule has 2 aromatic rings. The first-order chi connectivity index (χ1) is 12.8. The van der Waals surface area contributed by atoms with Crippen LogP contribution in [0.3, 0.4) is 0 Å². The van der Waals surface area contributed by atoms with E-state index in [-0.39, 0.29) is 11.9 Å². The van der Waals surface area contributed by atoms with E-state index in [1.807, 2.05) is 30.3 Å². The monoisotopic (exact) mass is 358 g/mol.